The van der Waals surface area contributed by atoms with E-state index in [4.69, 9.17) is 4.74 Å². The molecule has 2 aliphatic heterocycles. The normalized spacial score (nSPS) is 25.0. The summed E-state index contributed by atoms with van der Waals surface area (Å²) in [5.74, 6) is 0.300. The van der Waals surface area contributed by atoms with Crippen LogP contribution in [0.25, 0.3) is 0 Å². The first-order valence-corrected chi connectivity index (χ1v) is 11.5. The summed E-state index contributed by atoms with van der Waals surface area (Å²) in [5.41, 5.74) is 2.29. The number of piperazine rings is 1. The van der Waals surface area contributed by atoms with Crippen molar-refractivity contribution in [1.82, 2.24) is 14.7 Å². The van der Waals surface area contributed by atoms with Crippen LogP contribution >= 0.6 is 0 Å². The number of fused-ring (bicyclic) bond motifs is 1. The Labute approximate surface area is 176 Å². The van der Waals surface area contributed by atoms with E-state index in [9.17, 15) is 4.79 Å². The molecule has 0 N–H and O–H groups in total. The van der Waals surface area contributed by atoms with Gasteiger partial charge in [0.05, 0.1) is 6.10 Å². The van der Waals surface area contributed by atoms with Crippen LogP contribution in [-0.4, -0.2) is 85.2 Å². The first-order valence-electron chi connectivity index (χ1n) is 11.5. The summed E-state index contributed by atoms with van der Waals surface area (Å²) in [5, 5.41) is 0. The Balaban J connectivity index is 1.48. The third-order valence-electron chi connectivity index (χ3n) is 7.31. The van der Waals surface area contributed by atoms with Crippen LogP contribution in [0.1, 0.15) is 43.7 Å². The number of likely N-dealkylation sites (N-methyl/N-ethyl adjacent to an activating group) is 2. The molecule has 1 amide bonds. The first kappa shape index (κ1) is 20.8. The second-order valence-corrected chi connectivity index (χ2v) is 9.08. The van der Waals surface area contributed by atoms with Gasteiger partial charge in [0.1, 0.15) is 5.54 Å². The van der Waals surface area contributed by atoms with Gasteiger partial charge in [0.25, 0.3) is 0 Å². The van der Waals surface area contributed by atoms with E-state index in [0.29, 0.717) is 12.0 Å². The Hall–Kier alpha value is -1.43. The van der Waals surface area contributed by atoms with Crippen molar-refractivity contribution in [3.8, 4) is 0 Å². The highest BCUT2D eigenvalue weighted by Gasteiger charge is 2.50. The Morgan fingerprint density at radius 3 is 2.41 bits per heavy atom. The van der Waals surface area contributed by atoms with Crippen LogP contribution in [0.3, 0.4) is 0 Å². The van der Waals surface area contributed by atoms with Crippen LogP contribution in [-0.2, 0) is 22.4 Å². The van der Waals surface area contributed by atoms with E-state index < -0.39 is 5.54 Å². The predicted octanol–water partition coefficient (Wildman–Crippen LogP) is 2.58. The van der Waals surface area contributed by atoms with Gasteiger partial charge in [-0.1, -0.05) is 31.2 Å². The fourth-order valence-electron chi connectivity index (χ4n) is 5.43. The molecule has 1 aliphatic carbocycles. The van der Waals surface area contributed by atoms with E-state index in [-0.39, 0.29) is 0 Å². The molecule has 5 heteroatoms. The summed E-state index contributed by atoms with van der Waals surface area (Å²) in [6, 6.07) is 8.64. The lowest BCUT2D eigenvalue weighted by atomic mass is 9.90. The minimum absolute atomic E-state index is 0.300. The molecular formula is C24H37N3O2. The summed E-state index contributed by atoms with van der Waals surface area (Å²) in [4.78, 5) is 20.9. The van der Waals surface area contributed by atoms with Gasteiger partial charge >= 0.3 is 0 Å². The van der Waals surface area contributed by atoms with Gasteiger partial charge in [-0.25, -0.2) is 0 Å². The van der Waals surface area contributed by atoms with Crippen LogP contribution in [0.2, 0.25) is 0 Å². The topological polar surface area (TPSA) is 36.0 Å². The summed E-state index contributed by atoms with van der Waals surface area (Å²) in [7, 11) is 2.00. The van der Waals surface area contributed by atoms with Crippen molar-refractivity contribution in [2.75, 3.05) is 52.9 Å². The summed E-state index contributed by atoms with van der Waals surface area (Å²) in [6.07, 6.45) is 6.53. The molecule has 2 fully saturated rings. The van der Waals surface area contributed by atoms with Crippen molar-refractivity contribution in [2.24, 2.45) is 0 Å². The molecule has 4 rings (SSSR count). The first-order chi connectivity index (χ1) is 14.1. The fraction of sp³-hybridized carbons (Fsp3) is 0.708. The number of nitrogens with zero attached hydrogens (tertiary/aromatic N) is 3. The van der Waals surface area contributed by atoms with E-state index in [1.54, 1.807) is 0 Å². The van der Waals surface area contributed by atoms with Crippen molar-refractivity contribution in [2.45, 2.75) is 57.1 Å². The number of amides is 1. The van der Waals surface area contributed by atoms with Crippen molar-refractivity contribution in [3.63, 3.8) is 0 Å². The average Bonchev–Trinajstić information content (AvgIpc) is 3.18. The van der Waals surface area contributed by atoms with E-state index in [0.717, 1.165) is 71.6 Å². The highest BCUT2D eigenvalue weighted by atomic mass is 16.5. The van der Waals surface area contributed by atoms with Gasteiger partial charge in [0.15, 0.2) is 0 Å². The monoisotopic (exact) mass is 399 g/mol. The SMILES string of the molecule is CCN1CCN(C2(C(=O)N(C)CC[C@H]3CCCCO3)Cc3ccccc3C2)CC1. The molecule has 0 unspecified atom stereocenters. The maximum absolute atomic E-state index is 13.9. The van der Waals surface area contributed by atoms with Crippen LogP contribution in [0.5, 0.6) is 0 Å². The van der Waals surface area contributed by atoms with Gasteiger partial charge in [-0.2, -0.15) is 0 Å². The Bertz CT molecular complexity index is 668. The second kappa shape index (κ2) is 9.15. The molecule has 29 heavy (non-hydrogen) atoms. The maximum Gasteiger partial charge on any atom is 0.243 e. The van der Waals surface area contributed by atoms with Gasteiger partial charge in [-0.15, -0.1) is 0 Å². The van der Waals surface area contributed by atoms with E-state index in [1.807, 2.05) is 11.9 Å². The molecule has 2 heterocycles. The van der Waals surface area contributed by atoms with Crippen molar-refractivity contribution in [1.29, 1.82) is 0 Å². The van der Waals surface area contributed by atoms with Crippen LogP contribution in [0.15, 0.2) is 24.3 Å². The number of hydrogen-bond donors (Lipinski definition) is 0. The minimum atomic E-state index is -0.411. The standard InChI is InChI=1S/C24H37N3O2/c1-3-26-13-15-27(16-14-26)24(18-20-8-4-5-9-21(20)19-24)23(28)25(2)12-11-22-10-6-7-17-29-22/h4-5,8-9,22H,3,6-7,10-19H2,1-2H3/t22-/m1/s1. The maximum atomic E-state index is 13.9. The zero-order valence-corrected chi connectivity index (χ0v) is 18.2. The van der Waals surface area contributed by atoms with Crippen molar-refractivity contribution < 1.29 is 9.53 Å². The molecule has 160 valence electrons. The van der Waals surface area contributed by atoms with Gasteiger partial charge < -0.3 is 14.5 Å². The summed E-state index contributed by atoms with van der Waals surface area (Å²) < 4.78 is 5.90. The second-order valence-electron chi connectivity index (χ2n) is 9.08. The highest BCUT2D eigenvalue weighted by Crippen LogP contribution is 2.37. The largest absolute Gasteiger partial charge is 0.378 e. The smallest absolute Gasteiger partial charge is 0.243 e. The molecule has 0 radical (unpaired) electrons. The molecule has 1 aromatic carbocycles. The highest BCUT2D eigenvalue weighted by molar-refractivity contribution is 5.88. The molecule has 0 saturated carbocycles. The number of ether oxygens (including phenoxy) is 1. The average molecular weight is 400 g/mol. The molecule has 2 saturated heterocycles. The van der Waals surface area contributed by atoms with E-state index >= 15 is 0 Å². The van der Waals surface area contributed by atoms with Crippen LogP contribution < -0.4 is 0 Å². The molecule has 3 aliphatic rings. The quantitative estimate of drug-likeness (QED) is 0.737. The zero-order valence-electron chi connectivity index (χ0n) is 18.2. The van der Waals surface area contributed by atoms with Gasteiger partial charge in [-0.05, 0) is 43.4 Å². The number of hydrogen-bond acceptors (Lipinski definition) is 4. The van der Waals surface area contributed by atoms with Gasteiger partial charge in [-0.3, -0.25) is 9.69 Å². The summed E-state index contributed by atoms with van der Waals surface area (Å²) in [6.45, 7) is 9.06. The van der Waals surface area contributed by atoms with Gasteiger partial charge in [0.2, 0.25) is 5.91 Å². The van der Waals surface area contributed by atoms with E-state index in [2.05, 4.69) is 41.0 Å². The van der Waals surface area contributed by atoms with Crippen LogP contribution in [0.4, 0.5) is 0 Å². The van der Waals surface area contributed by atoms with Crippen molar-refractivity contribution >= 4 is 5.91 Å². The fourth-order valence-corrected chi connectivity index (χ4v) is 5.43. The van der Waals surface area contributed by atoms with E-state index in [1.165, 1.54) is 24.0 Å². The van der Waals surface area contributed by atoms with Crippen molar-refractivity contribution in [3.05, 3.63) is 35.4 Å². The molecule has 5 nitrogen and oxygen atoms in total. The minimum Gasteiger partial charge on any atom is -0.378 e. The molecule has 0 aromatic heterocycles. The predicted molar refractivity (Wildman–Crippen MR) is 116 cm³/mol. The number of carbonyl (C=O) groups is 1. The number of benzene rings is 1. The molecule has 1 atom stereocenters. The third kappa shape index (κ3) is 4.37. The Morgan fingerprint density at radius 1 is 1.14 bits per heavy atom. The lowest BCUT2D eigenvalue weighted by Crippen LogP contribution is -2.64. The summed E-state index contributed by atoms with van der Waals surface area (Å²) >= 11 is 0. The third-order valence-corrected chi connectivity index (χ3v) is 7.31. The molecule has 0 bridgehead atoms. The molecule has 1 aromatic rings. The lowest BCUT2D eigenvalue weighted by Gasteiger charge is -2.46. The Kier molecular flexibility index (Phi) is 6.57. The number of rotatable bonds is 6. The van der Waals surface area contributed by atoms with Crippen LogP contribution in [0, 0.1) is 0 Å². The van der Waals surface area contributed by atoms with Gasteiger partial charge in [0, 0.05) is 59.2 Å². The zero-order chi connectivity index (χ0) is 20.3. The number of carbonyl (C=O) groups excluding carboxylic acids is 1. The lowest BCUT2D eigenvalue weighted by molar-refractivity contribution is -0.145. The Morgan fingerprint density at radius 2 is 1.83 bits per heavy atom. The molecule has 0 spiro atoms. The molecular weight excluding hydrogens is 362 g/mol.